The van der Waals surface area contributed by atoms with E-state index in [9.17, 15) is 0 Å². The summed E-state index contributed by atoms with van der Waals surface area (Å²) >= 11 is 0. The van der Waals surface area contributed by atoms with E-state index in [0.717, 1.165) is 29.9 Å². The number of aryl methyl sites for hydroxylation is 2. The topological polar surface area (TPSA) is 65.2 Å². The third-order valence-corrected chi connectivity index (χ3v) is 2.60. The maximum Gasteiger partial charge on any atom is 0.225 e. The van der Waals surface area contributed by atoms with Gasteiger partial charge in [0.05, 0.1) is 12.0 Å². The summed E-state index contributed by atoms with van der Waals surface area (Å²) in [5, 5.41) is 3.99. The molecule has 0 aliphatic carbocycles. The second-order valence-electron chi connectivity index (χ2n) is 4.14. The number of hydrogen-bond donors (Lipinski definition) is 1. The number of anilines is 1. The second kappa shape index (κ2) is 4.43. The van der Waals surface area contributed by atoms with Crippen molar-refractivity contribution in [2.75, 3.05) is 5.73 Å². The summed E-state index contributed by atoms with van der Waals surface area (Å²) in [6.07, 6.45) is 3.29. The fourth-order valence-corrected chi connectivity index (χ4v) is 1.84. The van der Waals surface area contributed by atoms with Crippen LogP contribution in [-0.2, 0) is 12.8 Å². The van der Waals surface area contributed by atoms with Crippen LogP contribution >= 0.6 is 0 Å². The first kappa shape index (κ1) is 10.8. The SMILES string of the molecule is CC(C)c1c(CCc2ccco2)noc1N. The van der Waals surface area contributed by atoms with E-state index < -0.39 is 0 Å². The highest BCUT2D eigenvalue weighted by Crippen LogP contribution is 2.26. The lowest BCUT2D eigenvalue weighted by atomic mass is 10.0. The van der Waals surface area contributed by atoms with E-state index in [0.29, 0.717) is 11.8 Å². The summed E-state index contributed by atoms with van der Waals surface area (Å²) in [6.45, 7) is 4.17. The van der Waals surface area contributed by atoms with E-state index in [2.05, 4.69) is 19.0 Å². The van der Waals surface area contributed by atoms with Gasteiger partial charge in [-0.25, -0.2) is 0 Å². The molecule has 86 valence electrons. The molecule has 0 fully saturated rings. The lowest BCUT2D eigenvalue weighted by molar-refractivity contribution is 0.425. The van der Waals surface area contributed by atoms with Gasteiger partial charge in [0, 0.05) is 18.4 Å². The number of nitrogens with zero attached hydrogens (tertiary/aromatic N) is 1. The number of rotatable bonds is 4. The van der Waals surface area contributed by atoms with Gasteiger partial charge in [-0.05, 0) is 18.1 Å². The molecule has 0 aliphatic heterocycles. The number of aromatic nitrogens is 1. The largest absolute Gasteiger partial charge is 0.469 e. The Hall–Kier alpha value is -1.71. The lowest BCUT2D eigenvalue weighted by Crippen LogP contribution is -1.99. The molecule has 16 heavy (non-hydrogen) atoms. The van der Waals surface area contributed by atoms with E-state index in [1.165, 1.54) is 0 Å². The summed E-state index contributed by atoms with van der Waals surface area (Å²) in [5.74, 6) is 1.72. The Morgan fingerprint density at radius 2 is 2.19 bits per heavy atom. The fraction of sp³-hybridized carbons (Fsp3) is 0.417. The highest BCUT2D eigenvalue weighted by atomic mass is 16.5. The third kappa shape index (κ3) is 2.10. The van der Waals surface area contributed by atoms with Gasteiger partial charge in [0.1, 0.15) is 5.76 Å². The Morgan fingerprint density at radius 1 is 1.38 bits per heavy atom. The molecule has 4 nitrogen and oxygen atoms in total. The summed E-state index contributed by atoms with van der Waals surface area (Å²) in [7, 11) is 0. The first-order chi connectivity index (χ1) is 7.68. The molecule has 0 spiro atoms. The Kier molecular flexibility index (Phi) is 2.99. The van der Waals surface area contributed by atoms with Crippen LogP contribution in [0.2, 0.25) is 0 Å². The highest BCUT2D eigenvalue weighted by molar-refractivity contribution is 5.41. The van der Waals surface area contributed by atoms with Crippen LogP contribution in [0.5, 0.6) is 0 Å². The minimum Gasteiger partial charge on any atom is -0.469 e. The number of hydrogen-bond acceptors (Lipinski definition) is 4. The Balaban J connectivity index is 2.10. The molecule has 0 aliphatic rings. The van der Waals surface area contributed by atoms with Crippen molar-refractivity contribution in [3.8, 4) is 0 Å². The van der Waals surface area contributed by atoms with Crippen molar-refractivity contribution < 1.29 is 8.94 Å². The van der Waals surface area contributed by atoms with E-state index in [-0.39, 0.29) is 0 Å². The number of nitrogen functional groups attached to an aromatic ring is 1. The van der Waals surface area contributed by atoms with Gasteiger partial charge in [0.25, 0.3) is 0 Å². The van der Waals surface area contributed by atoms with Crippen LogP contribution in [0.3, 0.4) is 0 Å². The monoisotopic (exact) mass is 220 g/mol. The maximum atomic E-state index is 5.74. The van der Waals surface area contributed by atoms with Crippen molar-refractivity contribution in [2.45, 2.75) is 32.6 Å². The zero-order valence-electron chi connectivity index (χ0n) is 9.56. The zero-order chi connectivity index (χ0) is 11.5. The van der Waals surface area contributed by atoms with Gasteiger partial charge in [-0.2, -0.15) is 0 Å². The van der Waals surface area contributed by atoms with Crippen molar-refractivity contribution in [3.63, 3.8) is 0 Å². The molecule has 0 atom stereocenters. The molecule has 2 aromatic rings. The molecule has 0 aromatic carbocycles. The highest BCUT2D eigenvalue weighted by Gasteiger charge is 2.16. The van der Waals surface area contributed by atoms with Crippen LogP contribution in [0.25, 0.3) is 0 Å². The predicted octanol–water partition coefficient (Wildman–Crippen LogP) is 2.76. The molecule has 2 N–H and O–H groups in total. The molecule has 0 saturated heterocycles. The van der Waals surface area contributed by atoms with Gasteiger partial charge in [-0.15, -0.1) is 0 Å². The van der Waals surface area contributed by atoms with Crippen molar-refractivity contribution >= 4 is 5.88 Å². The van der Waals surface area contributed by atoms with Crippen LogP contribution in [-0.4, -0.2) is 5.16 Å². The first-order valence-corrected chi connectivity index (χ1v) is 5.44. The summed E-state index contributed by atoms with van der Waals surface area (Å²) in [4.78, 5) is 0. The molecular weight excluding hydrogens is 204 g/mol. The van der Waals surface area contributed by atoms with E-state index in [4.69, 9.17) is 14.7 Å². The number of nitrogens with two attached hydrogens (primary N) is 1. The normalized spacial score (nSPS) is 11.2. The van der Waals surface area contributed by atoms with E-state index >= 15 is 0 Å². The van der Waals surface area contributed by atoms with Gasteiger partial charge in [-0.3, -0.25) is 0 Å². The van der Waals surface area contributed by atoms with Crippen molar-refractivity contribution in [2.24, 2.45) is 0 Å². The van der Waals surface area contributed by atoms with Crippen molar-refractivity contribution in [1.82, 2.24) is 5.16 Å². The quantitative estimate of drug-likeness (QED) is 0.860. The van der Waals surface area contributed by atoms with E-state index in [1.54, 1.807) is 6.26 Å². The maximum absolute atomic E-state index is 5.74. The minimum absolute atomic E-state index is 0.331. The zero-order valence-corrected chi connectivity index (χ0v) is 9.56. The average Bonchev–Trinajstić information content (AvgIpc) is 2.83. The third-order valence-electron chi connectivity index (χ3n) is 2.60. The fourth-order valence-electron chi connectivity index (χ4n) is 1.84. The van der Waals surface area contributed by atoms with Crippen LogP contribution in [0.4, 0.5) is 5.88 Å². The van der Waals surface area contributed by atoms with E-state index in [1.807, 2.05) is 12.1 Å². The second-order valence-corrected chi connectivity index (χ2v) is 4.14. The van der Waals surface area contributed by atoms with Gasteiger partial charge in [0.2, 0.25) is 5.88 Å². The summed E-state index contributed by atoms with van der Waals surface area (Å²) in [5.41, 5.74) is 7.69. The molecule has 0 bridgehead atoms. The Morgan fingerprint density at radius 3 is 2.81 bits per heavy atom. The molecule has 0 radical (unpaired) electrons. The standard InChI is InChI=1S/C12H16N2O2/c1-8(2)11-10(14-16-12(11)13)6-5-9-4-3-7-15-9/h3-4,7-8H,5-6,13H2,1-2H3. The lowest BCUT2D eigenvalue weighted by Gasteiger charge is -2.04. The molecule has 0 saturated carbocycles. The van der Waals surface area contributed by atoms with Crippen molar-refractivity contribution in [3.05, 3.63) is 35.4 Å². The first-order valence-electron chi connectivity index (χ1n) is 5.44. The van der Waals surface area contributed by atoms with Gasteiger partial charge >= 0.3 is 0 Å². The minimum atomic E-state index is 0.331. The predicted molar refractivity (Wildman–Crippen MR) is 61.1 cm³/mol. The molecule has 2 heterocycles. The molecule has 0 amide bonds. The van der Waals surface area contributed by atoms with Gasteiger partial charge < -0.3 is 14.7 Å². The smallest absolute Gasteiger partial charge is 0.225 e. The number of furan rings is 1. The molecular formula is C12H16N2O2. The Bertz CT molecular complexity index is 444. The molecule has 2 rings (SSSR count). The Labute approximate surface area is 94.4 Å². The summed E-state index contributed by atoms with van der Waals surface area (Å²) in [6, 6.07) is 3.84. The summed E-state index contributed by atoms with van der Waals surface area (Å²) < 4.78 is 10.3. The van der Waals surface area contributed by atoms with Crippen LogP contribution in [0.15, 0.2) is 27.3 Å². The van der Waals surface area contributed by atoms with Gasteiger partial charge in [0.15, 0.2) is 0 Å². The van der Waals surface area contributed by atoms with Crippen LogP contribution < -0.4 is 5.73 Å². The van der Waals surface area contributed by atoms with Crippen LogP contribution in [0, 0.1) is 0 Å². The molecule has 0 unspecified atom stereocenters. The van der Waals surface area contributed by atoms with Gasteiger partial charge in [-0.1, -0.05) is 19.0 Å². The van der Waals surface area contributed by atoms with Crippen LogP contribution in [0.1, 0.15) is 36.8 Å². The van der Waals surface area contributed by atoms with Crippen molar-refractivity contribution in [1.29, 1.82) is 0 Å². The average molecular weight is 220 g/mol. The molecule has 4 heteroatoms. The molecule has 2 aromatic heterocycles.